The number of amides is 1. The monoisotopic (exact) mass is 446 g/mol. The summed E-state index contributed by atoms with van der Waals surface area (Å²) in [5.74, 6) is -1.63. The minimum absolute atomic E-state index is 0.186. The first-order chi connectivity index (χ1) is 15.9. The van der Waals surface area contributed by atoms with Crippen molar-refractivity contribution in [1.82, 2.24) is 20.2 Å². The number of carbonyl (C=O) groups is 1. The fourth-order valence-corrected chi connectivity index (χ4v) is 4.04. The SMILES string of the molecule is Cc1ccc(CNC(=O)c2nc(-c3ccc(CN4CCCCC4)cc3)nc(O)c2O)cc1C. The highest BCUT2D eigenvalue weighted by Crippen LogP contribution is 2.29. The number of nitrogens with zero attached hydrogens (tertiary/aromatic N) is 3. The summed E-state index contributed by atoms with van der Waals surface area (Å²) in [4.78, 5) is 23.4. The van der Waals surface area contributed by atoms with Crippen LogP contribution >= 0.6 is 0 Å². The Balaban J connectivity index is 1.49. The molecule has 1 amide bonds. The Kier molecular flexibility index (Phi) is 6.89. The molecule has 2 heterocycles. The molecule has 7 heteroatoms. The molecule has 2 aromatic carbocycles. The first-order valence-corrected chi connectivity index (χ1v) is 11.4. The smallest absolute Gasteiger partial charge is 0.274 e. The van der Waals surface area contributed by atoms with E-state index in [9.17, 15) is 15.0 Å². The van der Waals surface area contributed by atoms with Gasteiger partial charge in [-0.15, -0.1) is 0 Å². The van der Waals surface area contributed by atoms with Crippen LogP contribution < -0.4 is 5.32 Å². The molecule has 1 aliphatic heterocycles. The number of aryl methyl sites for hydroxylation is 2. The first-order valence-electron chi connectivity index (χ1n) is 11.4. The quantitative estimate of drug-likeness (QED) is 0.528. The van der Waals surface area contributed by atoms with E-state index in [1.165, 1.54) is 30.4 Å². The van der Waals surface area contributed by atoms with Crippen molar-refractivity contribution in [1.29, 1.82) is 0 Å². The summed E-state index contributed by atoms with van der Waals surface area (Å²) < 4.78 is 0. The number of aromatic nitrogens is 2. The minimum Gasteiger partial charge on any atom is -0.501 e. The van der Waals surface area contributed by atoms with Gasteiger partial charge in [-0.05, 0) is 62.0 Å². The number of hydrogen-bond acceptors (Lipinski definition) is 6. The van der Waals surface area contributed by atoms with Crippen LogP contribution in [0.25, 0.3) is 11.4 Å². The van der Waals surface area contributed by atoms with Gasteiger partial charge in [-0.3, -0.25) is 9.69 Å². The molecule has 0 bridgehead atoms. The molecule has 0 spiro atoms. The van der Waals surface area contributed by atoms with Gasteiger partial charge in [0.25, 0.3) is 11.8 Å². The van der Waals surface area contributed by atoms with E-state index >= 15 is 0 Å². The van der Waals surface area contributed by atoms with Crippen molar-refractivity contribution in [3.05, 3.63) is 70.4 Å². The Bertz CT molecular complexity index is 1140. The van der Waals surface area contributed by atoms with Crippen LogP contribution in [-0.2, 0) is 13.1 Å². The zero-order valence-electron chi connectivity index (χ0n) is 19.1. The maximum absolute atomic E-state index is 12.7. The molecule has 33 heavy (non-hydrogen) atoms. The highest BCUT2D eigenvalue weighted by atomic mass is 16.3. The van der Waals surface area contributed by atoms with E-state index in [2.05, 4.69) is 20.2 Å². The van der Waals surface area contributed by atoms with E-state index in [4.69, 9.17) is 0 Å². The van der Waals surface area contributed by atoms with E-state index in [1.807, 2.05) is 56.3 Å². The van der Waals surface area contributed by atoms with Gasteiger partial charge in [0.1, 0.15) is 0 Å². The number of hydrogen-bond donors (Lipinski definition) is 3. The summed E-state index contributed by atoms with van der Waals surface area (Å²) >= 11 is 0. The van der Waals surface area contributed by atoms with Crippen LogP contribution in [0.1, 0.15) is 52.0 Å². The van der Waals surface area contributed by atoms with Crippen LogP contribution in [0.3, 0.4) is 0 Å². The third kappa shape index (κ3) is 5.49. The van der Waals surface area contributed by atoms with Crippen LogP contribution in [-0.4, -0.2) is 44.1 Å². The maximum Gasteiger partial charge on any atom is 0.274 e. The number of piperidine rings is 1. The zero-order chi connectivity index (χ0) is 23.4. The number of carbonyl (C=O) groups excluding carboxylic acids is 1. The van der Waals surface area contributed by atoms with Crippen molar-refractivity contribution in [2.24, 2.45) is 0 Å². The molecule has 172 valence electrons. The fourth-order valence-electron chi connectivity index (χ4n) is 4.04. The largest absolute Gasteiger partial charge is 0.501 e. The van der Waals surface area contributed by atoms with E-state index in [-0.39, 0.29) is 18.1 Å². The van der Waals surface area contributed by atoms with Crippen LogP contribution in [0.5, 0.6) is 11.6 Å². The lowest BCUT2D eigenvalue weighted by Gasteiger charge is -2.26. The normalized spacial score (nSPS) is 14.2. The number of aromatic hydroxyl groups is 2. The molecule has 3 aromatic rings. The molecule has 1 aromatic heterocycles. The Labute approximate surface area is 194 Å². The second-order valence-electron chi connectivity index (χ2n) is 8.70. The molecule has 0 radical (unpaired) electrons. The van der Waals surface area contributed by atoms with Crippen molar-refractivity contribution in [2.75, 3.05) is 13.1 Å². The summed E-state index contributed by atoms with van der Waals surface area (Å²) in [5.41, 5.74) is 4.85. The average Bonchev–Trinajstić information content (AvgIpc) is 2.82. The second-order valence-corrected chi connectivity index (χ2v) is 8.70. The minimum atomic E-state index is -0.627. The summed E-state index contributed by atoms with van der Waals surface area (Å²) in [6.45, 7) is 7.47. The highest BCUT2D eigenvalue weighted by molar-refractivity contribution is 5.95. The number of nitrogens with one attached hydrogen (secondary N) is 1. The molecule has 1 aliphatic rings. The summed E-state index contributed by atoms with van der Waals surface area (Å²) in [5, 5.41) is 23.1. The van der Waals surface area contributed by atoms with Gasteiger partial charge in [-0.2, -0.15) is 4.98 Å². The molecule has 3 N–H and O–H groups in total. The van der Waals surface area contributed by atoms with Crippen molar-refractivity contribution in [2.45, 2.75) is 46.2 Å². The molecule has 0 saturated carbocycles. The molecule has 1 saturated heterocycles. The molecule has 0 aliphatic carbocycles. The summed E-state index contributed by atoms with van der Waals surface area (Å²) in [6, 6.07) is 13.7. The van der Waals surface area contributed by atoms with E-state index in [1.54, 1.807) is 0 Å². The standard InChI is InChI=1S/C26H30N4O3/c1-17-6-7-20(14-18(17)2)15-27-25(32)22-23(31)26(33)29-24(28-22)21-10-8-19(9-11-21)16-30-12-4-3-5-13-30/h6-11,14,31H,3-5,12-13,15-16H2,1-2H3,(H,27,32)(H,28,29,33). The molecule has 4 rings (SSSR count). The average molecular weight is 447 g/mol. The lowest BCUT2D eigenvalue weighted by atomic mass is 10.1. The van der Waals surface area contributed by atoms with Gasteiger partial charge in [0.15, 0.2) is 11.5 Å². The highest BCUT2D eigenvalue weighted by Gasteiger charge is 2.20. The first kappa shape index (κ1) is 22.7. The third-order valence-electron chi connectivity index (χ3n) is 6.17. The van der Waals surface area contributed by atoms with Crippen LogP contribution in [0.2, 0.25) is 0 Å². The molecular formula is C26H30N4O3. The van der Waals surface area contributed by atoms with Gasteiger partial charge in [0.05, 0.1) is 0 Å². The number of likely N-dealkylation sites (tertiary alicyclic amines) is 1. The molecule has 0 unspecified atom stereocenters. The summed E-state index contributed by atoms with van der Waals surface area (Å²) in [7, 11) is 0. The molecule has 7 nitrogen and oxygen atoms in total. The topological polar surface area (TPSA) is 98.6 Å². The van der Waals surface area contributed by atoms with Crippen molar-refractivity contribution >= 4 is 5.91 Å². The van der Waals surface area contributed by atoms with E-state index in [0.717, 1.165) is 30.8 Å². The van der Waals surface area contributed by atoms with Crippen LogP contribution in [0, 0.1) is 13.8 Å². The Morgan fingerprint density at radius 3 is 2.33 bits per heavy atom. The Hall–Kier alpha value is -3.45. The maximum atomic E-state index is 12.7. The predicted molar refractivity (Wildman–Crippen MR) is 127 cm³/mol. The van der Waals surface area contributed by atoms with E-state index in [0.29, 0.717) is 5.56 Å². The molecule has 0 atom stereocenters. The van der Waals surface area contributed by atoms with Crippen molar-refractivity contribution < 1.29 is 15.0 Å². The number of benzene rings is 2. The van der Waals surface area contributed by atoms with E-state index < -0.39 is 17.5 Å². The Morgan fingerprint density at radius 2 is 1.64 bits per heavy atom. The lowest BCUT2D eigenvalue weighted by Crippen LogP contribution is -2.29. The van der Waals surface area contributed by atoms with Gasteiger partial charge in [-0.1, -0.05) is 48.9 Å². The van der Waals surface area contributed by atoms with Crippen LogP contribution in [0.15, 0.2) is 42.5 Å². The van der Waals surface area contributed by atoms with Gasteiger partial charge in [-0.25, -0.2) is 4.98 Å². The van der Waals surface area contributed by atoms with Crippen LogP contribution in [0.4, 0.5) is 0 Å². The molecule has 1 fully saturated rings. The third-order valence-corrected chi connectivity index (χ3v) is 6.17. The number of rotatable bonds is 6. The van der Waals surface area contributed by atoms with Gasteiger partial charge < -0.3 is 15.5 Å². The van der Waals surface area contributed by atoms with Gasteiger partial charge in [0.2, 0.25) is 5.75 Å². The summed E-state index contributed by atoms with van der Waals surface area (Å²) in [6.07, 6.45) is 3.79. The zero-order valence-corrected chi connectivity index (χ0v) is 19.1. The molecular weight excluding hydrogens is 416 g/mol. The van der Waals surface area contributed by atoms with Crippen molar-refractivity contribution in [3.8, 4) is 23.0 Å². The Morgan fingerprint density at radius 1 is 0.939 bits per heavy atom. The van der Waals surface area contributed by atoms with Gasteiger partial charge in [0, 0.05) is 18.7 Å². The lowest BCUT2D eigenvalue weighted by molar-refractivity contribution is 0.0942. The van der Waals surface area contributed by atoms with Gasteiger partial charge >= 0.3 is 0 Å². The predicted octanol–water partition coefficient (Wildman–Crippen LogP) is 4.09. The second kappa shape index (κ2) is 10.0. The fraction of sp³-hybridized carbons (Fsp3) is 0.346. The van der Waals surface area contributed by atoms with Crippen molar-refractivity contribution in [3.63, 3.8) is 0 Å².